The van der Waals surface area contributed by atoms with E-state index >= 15 is 0 Å². The summed E-state index contributed by atoms with van der Waals surface area (Å²) >= 11 is 0. The summed E-state index contributed by atoms with van der Waals surface area (Å²) in [4.78, 5) is 13.3. The number of nitrogens with zero attached hydrogens (tertiary/aromatic N) is 2. The lowest BCUT2D eigenvalue weighted by Crippen LogP contribution is -2.40. The number of benzene rings is 2. The first-order chi connectivity index (χ1) is 17.7. The average molecular weight is 509 g/mol. The lowest BCUT2D eigenvalue weighted by atomic mass is 10.0. The van der Waals surface area contributed by atoms with Crippen molar-refractivity contribution < 1.29 is 24.1 Å². The number of ether oxygens (including phenoxy) is 3. The largest absolute Gasteiger partial charge is 0.473 e. The van der Waals surface area contributed by atoms with Crippen LogP contribution in [0.5, 0.6) is 5.88 Å². The van der Waals surface area contributed by atoms with E-state index < -0.39 is 5.60 Å². The van der Waals surface area contributed by atoms with Gasteiger partial charge in [-0.15, -0.1) is 5.10 Å². The molecular formula is C28H36N4O5. The first-order valence-electron chi connectivity index (χ1n) is 12.5. The van der Waals surface area contributed by atoms with Gasteiger partial charge in [0.1, 0.15) is 18.5 Å². The Labute approximate surface area is 217 Å². The molecule has 198 valence electrons. The second-order valence-corrected chi connectivity index (χ2v) is 9.94. The van der Waals surface area contributed by atoms with E-state index in [-0.39, 0.29) is 30.9 Å². The zero-order valence-corrected chi connectivity index (χ0v) is 21.8. The third-order valence-corrected chi connectivity index (χ3v) is 6.18. The van der Waals surface area contributed by atoms with Crippen LogP contribution in [0.2, 0.25) is 0 Å². The van der Waals surface area contributed by atoms with Crippen molar-refractivity contribution >= 4 is 11.8 Å². The summed E-state index contributed by atoms with van der Waals surface area (Å²) in [5, 5.41) is 20.8. The van der Waals surface area contributed by atoms with Gasteiger partial charge in [-0.25, -0.2) is 9.48 Å². The van der Waals surface area contributed by atoms with Gasteiger partial charge in [0.05, 0.1) is 29.0 Å². The first kappa shape index (κ1) is 26.7. The number of aromatic nitrogens is 2. The number of urea groups is 1. The number of carbonyl (C=O) groups excluding carboxylic acids is 1. The minimum absolute atomic E-state index is 0.0196. The van der Waals surface area contributed by atoms with Crippen LogP contribution in [0.1, 0.15) is 43.9 Å². The highest BCUT2D eigenvalue weighted by molar-refractivity contribution is 5.90. The van der Waals surface area contributed by atoms with E-state index in [2.05, 4.69) is 15.7 Å². The van der Waals surface area contributed by atoms with Gasteiger partial charge < -0.3 is 24.6 Å². The molecule has 0 bridgehead atoms. The SMILES string of the molecule is COCCC1C[C@@H](NC(=O)Nc2c(C)c(OCC(C)(C)O)nn2-c2ccccc2)[C@H](c2ccccc2)O1. The van der Waals surface area contributed by atoms with Crippen molar-refractivity contribution in [3.05, 3.63) is 71.8 Å². The molecule has 1 aliphatic rings. The Hall–Kier alpha value is -3.40. The van der Waals surface area contributed by atoms with E-state index in [4.69, 9.17) is 14.2 Å². The molecular weight excluding hydrogens is 472 g/mol. The maximum Gasteiger partial charge on any atom is 0.320 e. The zero-order valence-electron chi connectivity index (χ0n) is 21.8. The summed E-state index contributed by atoms with van der Waals surface area (Å²) in [6, 6.07) is 18.8. The fourth-order valence-corrected chi connectivity index (χ4v) is 4.36. The predicted molar refractivity (Wildman–Crippen MR) is 141 cm³/mol. The average Bonchev–Trinajstić information content (AvgIpc) is 3.42. The molecule has 9 heteroatoms. The van der Waals surface area contributed by atoms with Crippen LogP contribution < -0.4 is 15.4 Å². The van der Waals surface area contributed by atoms with E-state index in [0.29, 0.717) is 30.3 Å². The van der Waals surface area contributed by atoms with Crippen molar-refractivity contribution in [2.45, 2.75) is 57.5 Å². The number of nitrogens with one attached hydrogen (secondary N) is 2. The molecule has 0 spiro atoms. The van der Waals surface area contributed by atoms with Crippen LogP contribution in [0.4, 0.5) is 10.6 Å². The summed E-state index contributed by atoms with van der Waals surface area (Å²) in [7, 11) is 1.67. The minimum Gasteiger partial charge on any atom is -0.473 e. The summed E-state index contributed by atoms with van der Waals surface area (Å²) in [5.74, 6) is 0.827. The number of hydrogen-bond acceptors (Lipinski definition) is 6. The number of para-hydroxylation sites is 1. The number of amides is 2. The number of carbonyl (C=O) groups is 1. The molecule has 0 aliphatic carbocycles. The van der Waals surface area contributed by atoms with Crippen molar-refractivity contribution in [1.29, 1.82) is 0 Å². The number of methoxy groups -OCH3 is 1. The number of hydrogen-bond donors (Lipinski definition) is 3. The Bertz CT molecular complexity index is 1160. The predicted octanol–water partition coefficient (Wildman–Crippen LogP) is 4.39. The summed E-state index contributed by atoms with van der Waals surface area (Å²) in [5.41, 5.74) is 1.41. The van der Waals surface area contributed by atoms with Crippen LogP contribution in [-0.4, -0.2) is 59.0 Å². The maximum absolute atomic E-state index is 13.3. The molecule has 1 aromatic heterocycles. The van der Waals surface area contributed by atoms with Crippen molar-refractivity contribution in [1.82, 2.24) is 15.1 Å². The summed E-state index contributed by atoms with van der Waals surface area (Å²) in [6.45, 7) is 5.81. The topological polar surface area (TPSA) is 107 Å². The molecule has 1 aliphatic heterocycles. The van der Waals surface area contributed by atoms with Gasteiger partial charge in [0, 0.05) is 13.7 Å². The van der Waals surface area contributed by atoms with Crippen LogP contribution in [0.25, 0.3) is 5.69 Å². The zero-order chi connectivity index (χ0) is 26.4. The molecule has 3 aromatic rings. The Kier molecular flexibility index (Phi) is 8.48. The van der Waals surface area contributed by atoms with Gasteiger partial charge in [-0.05, 0) is 51.3 Å². The summed E-state index contributed by atoms with van der Waals surface area (Å²) in [6.07, 6.45) is 1.14. The molecule has 9 nitrogen and oxygen atoms in total. The van der Waals surface area contributed by atoms with Gasteiger partial charge in [0.25, 0.3) is 0 Å². The standard InChI is InChI=1S/C28H36N4O5/c1-19-25(32(21-13-9-6-10-14-21)31-26(19)36-18-28(2,3)34)30-27(33)29-23-17-22(15-16-35-4)37-24(23)20-11-7-5-8-12-20/h5-14,22-24,34H,15-18H2,1-4H3,(H2,29,30,33)/t22?,23-,24+/m1/s1. The van der Waals surface area contributed by atoms with Crippen molar-refractivity contribution in [2.24, 2.45) is 0 Å². The molecule has 37 heavy (non-hydrogen) atoms. The molecule has 3 atom stereocenters. The van der Waals surface area contributed by atoms with E-state index in [9.17, 15) is 9.90 Å². The quantitative estimate of drug-likeness (QED) is 0.375. The van der Waals surface area contributed by atoms with Gasteiger partial charge in [0.2, 0.25) is 5.88 Å². The van der Waals surface area contributed by atoms with E-state index in [1.165, 1.54) is 0 Å². The lowest BCUT2D eigenvalue weighted by molar-refractivity contribution is 0.0212. The monoisotopic (exact) mass is 508 g/mol. The second-order valence-electron chi connectivity index (χ2n) is 9.94. The van der Waals surface area contributed by atoms with Gasteiger partial charge in [-0.2, -0.15) is 0 Å². The summed E-state index contributed by atoms with van der Waals surface area (Å²) < 4.78 is 19.0. The number of anilines is 1. The van der Waals surface area contributed by atoms with Crippen LogP contribution in [0, 0.1) is 6.92 Å². The normalized spacial score (nSPS) is 19.5. The Morgan fingerprint density at radius 2 is 1.84 bits per heavy atom. The minimum atomic E-state index is -1.03. The fourth-order valence-electron chi connectivity index (χ4n) is 4.36. The molecule has 4 rings (SSSR count). The molecule has 1 fully saturated rings. The van der Waals surface area contributed by atoms with E-state index in [1.54, 1.807) is 25.6 Å². The highest BCUT2D eigenvalue weighted by Crippen LogP contribution is 2.35. The highest BCUT2D eigenvalue weighted by Gasteiger charge is 2.37. The number of rotatable bonds is 10. The molecule has 1 saturated heterocycles. The smallest absolute Gasteiger partial charge is 0.320 e. The van der Waals surface area contributed by atoms with Crippen molar-refractivity contribution in [2.75, 3.05) is 25.6 Å². The Balaban J connectivity index is 1.55. The fraction of sp³-hybridized carbons (Fsp3) is 0.429. The highest BCUT2D eigenvalue weighted by atomic mass is 16.5. The van der Waals surface area contributed by atoms with Crippen molar-refractivity contribution in [3.8, 4) is 11.6 Å². The van der Waals surface area contributed by atoms with Crippen molar-refractivity contribution in [3.63, 3.8) is 0 Å². The van der Waals surface area contributed by atoms with Gasteiger partial charge in [0.15, 0.2) is 0 Å². The number of aliphatic hydroxyl groups is 1. The first-order valence-corrected chi connectivity index (χ1v) is 12.5. The third-order valence-electron chi connectivity index (χ3n) is 6.18. The molecule has 2 amide bonds. The van der Waals surface area contributed by atoms with Crippen LogP contribution in [-0.2, 0) is 9.47 Å². The molecule has 3 N–H and O–H groups in total. The van der Waals surface area contributed by atoms with Crippen LogP contribution >= 0.6 is 0 Å². The molecule has 2 aromatic carbocycles. The molecule has 0 saturated carbocycles. The van der Waals surface area contributed by atoms with Gasteiger partial charge >= 0.3 is 6.03 Å². The maximum atomic E-state index is 13.3. The third kappa shape index (κ3) is 6.88. The Morgan fingerprint density at radius 3 is 2.49 bits per heavy atom. The van der Waals surface area contributed by atoms with Gasteiger partial charge in [-0.3, -0.25) is 5.32 Å². The molecule has 2 heterocycles. The van der Waals surface area contributed by atoms with E-state index in [0.717, 1.165) is 17.7 Å². The van der Waals surface area contributed by atoms with Crippen LogP contribution in [0.3, 0.4) is 0 Å². The van der Waals surface area contributed by atoms with Gasteiger partial charge in [-0.1, -0.05) is 48.5 Å². The van der Waals surface area contributed by atoms with E-state index in [1.807, 2.05) is 67.6 Å². The Morgan fingerprint density at radius 1 is 1.16 bits per heavy atom. The second kappa shape index (κ2) is 11.8. The van der Waals surface area contributed by atoms with Crippen LogP contribution in [0.15, 0.2) is 60.7 Å². The molecule has 0 radical (unpaired) electrons. The lowest BCUT2D eigenvalue weighted by Gasteiger charge is -2.21. The molecule has 1 unspecified atom stereocenters.